The maximum absolute atomic E-state index is 10.6. The third-order valence-corrected chi connectivity index (χ3v) is 3.59. The van der Waals surface area contributed by atoms with Crippen molar-refractivity contribution in [1.29, 1.82) is 0 Å². The summed E-state index contributed by atoms with van der Waals surface area (Å²) in [7, 11) is 1.88. The molecule has 0 saturated carbocycles. The Morgan fingerprint density at radius 2 is 2.22 bits per heavy atom. The van der Waals surface area contributed by atoms with Crippen molar-refractivity contribution in [1.82, 2.24) is 9.78 Å². The maximum atomic E-state index is 10.6. The van der Waals surface area contributed by atoms with Crippen molar-refractivity contribution in [3.63, 3.8) is 0 Å². The van der Waals surface area contributed by atoms with Crippen LogP contribution < -0.4 is 5.32 Å². The van der Waals surface area contributed by atoms with Gasteiger partial charge in [0.25, 0.3) is 0 Å². The maximum Gasteiger partial charge on any atom is 0.308 e. The Morgan fingerprint density at radius 1 is 1.50 bits per heavy atom. The second-order valence-electron chi connectivity index (χ2n) is 4.09. The minimum atomic E-state index is -0.792. The van der Waals surface area contributed by atoms with Gasteiger partial charge in [-0.25, -0.2) is 0 Å². The third kappa shape index (κ3) is 3.10. The highest BCUT2D eigenvalue weighted by Gasteiger charge is 2.06. The van der Waals surface area contributed by atoms with E-state index in [4.69, 9.17) is 5.11 Å². The van der Waals surface area contributed by atoms with Crippen LogP contribution in [0.3, 0.4) is 0 Å². The predicted octanol–water partition coefficient (Wildman–Crippen LogP) is 2.03. The molecule has 0 atom stereocenters. The molecule has 2 N–H and O–H groups in total. The van der Waals surface area contributed by atoms with Crippen LogP contribution in [0.2, 0.25) is 0 Å². The number of aromatic nitrogens is 2. The predicted molar refractivity (Wildman–Crippen MR) is 70.9 cm³/mol. The van der Waals surface area contributed by atoms with Gasteiger partial charge in [0, 0.05) is 29.5 Å². The number of nitrogens with one attached hydrogen (secondary N) is 1. The van der Waals surface area contributed by atoms with Gasteiger partial charge in [0.15, 0.2) is 0 Å². The second-order valence-corrected chi connectivity index (χ2v) is 5.35. The van der Waals surface area contributed by atoms with E-state index in [1.54, 1.807) is 4.68 Å². The van der Waals surface area contributed by atoms with Crippen LogP contribution in [0.4, 0.5) is 5.69 Å². The molecule has 0 saturated heterocycles. The minimum absolute atomic E-state index is 0.0938. The molecule has 0 fully saturated rings. The summed E-state index contributed by atoms with van der Waals surface area (Å²) in [5.74, 6) is -0.792. The van der Waals surface area contributed by atoms with E-state index in [1.807, 2.05) is 32.3 Å². The van der Waals surface area contributed by atoms with E-state index >= 15 is 0 Å². The highest BCUT2D eigenvalue weighted by molar-refractivity contribution is 7.12. The number of anilines is 1. The van der Waals surface area contributed by atoms with Crippen LogP contribution >= 0.6 is 11.3 Å². The molecule has 0 spiro atoms. The van der Waals surface area contributed by atoms with E-state index < -0.39 is 5.97 Å². The molecule has 2 aromatic heterocycles. The minimum Gasteiger partial charge on any atom is -0.481 e. The van der Waals surface area contributed by atoms with Crippen molar-refractivity contribution in [3.05, 3.63) is 33.8 Å². The molecule has 0 aliphatic carbocycles. The molecule has 5 nitrogen and oxygen atoms in total. The molecule has 6 heteroatoms. The van der Waals surface area contributed by atoms with Crippen molar-refractivity contribution in [2.75, 3.05) is 5.32 Å². The molecule has 0 bridgehead atoms. The van der Waals surface area contributed by atoms with Crippen LogP contribution in [-0.2, 0) is 24.8 Å². The van der Waals surface area contributed by atoms with Gasteiger partial charge in [-0.2, -0.15) is 5.10 Å². The Kier molecular flexibility index (Phi) is 3.66. The lowest BCUT2D eigenvalue weighted by molar-refractivity contribution is -0.136. The summed E-state index contributed by atoms with van der Waals surface area (Å²) in [5, 5.41) is 16.2. The van der Waals surface area contributed by atoms with Crippen LogP contribution in [0, 0.1) is 6.92 Å². The van der Waals surface area contributed by atoms with E-state index in [9.17, 15) is 4.79 Å². The molecule has 0 amide bonds. The molecular formula is C12H15N3O2S. The molecule has 0 unspecified atom stereocenters. The standard InChI is InChI=1S/C12H15N3O2S/c1-8-11(7-15(2)14-8)13-6-10-4-3-9(18-10)5-12(16)17/h3-4,7,13H,5-6H2,1-2H3,(H,16,17). The highest BCUT2D eigenvalue weighted by atomic mass is 32.1. The zero-order valence-electron chi connectivity index (χ0n) is 10.3. The fraction of sp³-hybridized carbons (Fsp3) is 0.333. The van der Waals surface area contributed by atoms with Gasteiger partial charge in [0.1, 0.15) is 0 Å². The number of nitrogens with zero attached hydrogens (tertiary/aromatic N) is 2. The van der Waals surface area contributed by atoms with E-state index in [1.165, 1.54) is 11.3 Å². The number of carboxylic acid groups (broad SMARTS) is 1. The van der Waals surface area contributed by atoms with Gasteiger partial charge in [-0.05, 0) is 19.1 Å². The quantitative estimate of drug-likeness (QED) is 0.868. The average Bonchev–Trinajstić information content (AvgIpc) is 2.82. The number of carbonyl (C=O) groups is 1. The van der Waals surface area contributed by atoms with Crippen molar-refractivity contribution >= 4 is 23.0 Å². The summed E-state index contributed by atoms with van der Waals surface area (Å²) in [4.78, 5) is 12.6. The van der Waals surface area contributed by atoms with Crippen molar-refractivity contribution < 1.29 is 9.90 Å². The lowest BCUT2D eigenvalue weighted by atomic mass is 10.3. The molecule has 0 aliphatic rings. The largest absolute Gasteiger partial charge is 0.481 e. The lowest BCUT2D eigenvalue weighted by Crippen LogP contribution is -1.98. The van der Waals surface area contributed by atoms with Gasteiger partial charge >= 0.3 is 5.97 Å². The van der Waals surface area contributed by atoms with Crippen LogP contribution in [0.5, 0.6) is 0 Å². The number of aliphatic carboxylic acids is 1. The summed E-state index contributed by atoms with van der Waals surface area (Å²) in [6, 6.07) is 3.83. The van der Waals surface area contributed by atoms with Crippen molar-refractivity contribution in [3.8, 4) is 0 Å². The van der Waals surface area contributed by atoms with Crippen molar-refractivity contribution in [2.24, 2.45) is 7.05 Å². The fourth-order valence-corrected chi connectivity index (χ4v) is 2.67. The van der Waals surface area contributed by atoms with Gasteiger partial charge in [0.05, 0.1) is 17.8 Å². The number of aryl methyl sites for hydroxylation is 2. The van der Waals surface area contributed by atoms with E-state index in [0.717, 1.165) is 21.1 Å². The number of rotatable bonds is 5. The molecular weight excluding hydrogens is 250 g/mol. The molecule has 2 rings (SSSR count). The molecule has 0 aliphatic heterocycles. The smallest absolute Gasteiger partial charge is 0.308 e. The number of carboxylic acids is 1. The molecule has 0 radical (unpaired) electrons. The van der Waals surface area contributed by atoms with Gasteiger partial charge in [-0.3, -0.25) is 9.48 Å². The van der Waals surface area contributed by atoms with Gasteiger partial charge in [-0.1, -0.05) is 0 Å². The average molecular weight is 265 g/mol. The fourth-order valence-electron chi connectivity index (χ4n) is 1.72. The zero-order valence-corrected chi connectivity index (χ0v) is 11.1. The molecule has 2 heterocycles. The molecule has 2 aromatic rings. The van der Waals surface area contributed by atoms with Gasteiger partial charge < -0.3 is 10.4 Å². The topological polar surface area (TPSA) is 67.2 Å². The number of hydrogen-bond donors (Lipinski definition) is 2. The summed E-state index contributed by atoms with van der Waals surface area (Å²) < 4.78 is 1.77. The first-order chi connectivity index (χ1) is 8.54. The number of thiophene rings is 1. The first-order valence-electron chi connectivity index (χ1n) is 5.58. The lowest BCUT2D eigenvalue weighted by Gasteiger charge is -2.01. The summed E-state index contributed by atoms with van der Waals surface area (Å²) in [6.45, 7) is 2.64. The van der Waals surface area contributed by atoms with Crippen LogP contribution in [0.1, 0.15) is 15.4 Å². The Morgan fingerprint density at radius 3 is 2.83 bits per heavy atom. The van der Waals surface area contributed by atoms with Gasteiger partial charge in [-0.15, -0.1) is 11.3 Å². The van der Waals surface area contributed by atoms with Crippen molar-refractivity contribution in [2.45, 2.75) is 19.9 Å². The van der Waals surface area contributed by atoms with E-state index in [2.05, 4.69) is 10.4 Å². The Labute approximate surface area is 109 Å². The van der Waals surface area contributed by atoms with E-state index in [-0.39, 0.29) is 6.42 Å². The van der Waals surface area contributed by atoms with E-state index in [0.29, 0.717) is 6.54 Å². The molecule has 18 heavy (non-hydrogen) atoms. The monoisotopic (exact) mass is 265 g/mol. The van der Waals surface area contributed by atoms with Gasteiger partial charge in [0.2, 0.25) is 0 Å². The zero-order chi connectivity index (χ0) is 13.1. The SMILES string of the molecule is Cc1nn(C)cc1NCc1ccc(CC(=O)O)s1. The second kappa shape index (κ2) is 5.22. The Hall–Kier alpha value is -1.82. The summed E-state index contributed by atoms with van der Waals surface area (Å²) in [6.07, 6.45) is 2.03. The molecule has 0 aromatic carbocycles. The Bertz CT molecular complexity index is 559. The number of hydrogen-bond acceptors (Lipinski definition) is 4. The first kappa shape index (κ1) is 12.6. The summed E-state index contributed by atoms with van der Waals surface area (Å²) >= 11 is 1.52. The van der Waals surface area contributed by atoms with Crippen LogP contribution in [0.15, 0.2) is 18.3 Å². The third-order valence-electron chi connectivity index (χ3n) is 2.51. The highest BCUT2D eigenvalue weighted by Crippen LogP contribution is 2.19. The van der Waals surface area contributed by atoms with Crippen LogP contribution in [0.25, 0.3) is 0 Å². The van der Waals surface area contributed by atoms with Crippen LogP contribution in [-0.4, -0.2) is 20.9 Å². The Balaban J connectivity index is 1.96. The normalized spacial score (nSPS) is 10.6. The summed E-state index contributed by atoms with van der Waals surface area (Å²) in [5.41, 5.74) is 1.96. The first-order valence-corrected chi connectivity index (χ1v) is 6.40. The molecule has 96 valence electrons.